The number of para-hydroxylation sites is 7. The van der Waals surface area contributed by atoms with E-state index in [1.165, 1.54) is 62.2 Å². The predicted octanol–water partition coefficient (Wildman–Crippen LogP) is 21.5. The molecule has 6 heterocycles. The Morgan fingerprint density at radius 1 is 0.270 bits per heavy atom. The fourth-order valence-corrected chi connectivity index (χ4v) is 19.1. The van der Waals surface area contributed by atoms with Gasteiger partial charge in [0.05, 0.1) is 37.8 Å². The van der Waals surface area contributed by atoms with Crippen LogP contribution in [0.2, 0.25) is 0 Å². The predicted molar refractivity (Wildman–Crippen MR) is 427 cm³/mol. The van der Waals surface area contributed by atoms with Gasteiger partial charge >= 0.3 is 0 Å². The van der Waals surface area contributed by atoms with Crippen LogP contribution in [-0.2, 0) is 0 Å². The summed E-state index contributed by atoms with van der Waals surface area (Å²) < 4.78 is 13.0. The maximum atomic E-state index is 7.98. The SMILES string of the molecule is c1ccc(-c2ccccc2N2c3cc4c(cc3B3c5ccccc5N(c5cccc6c5sc5ccccc56)c5cc(N(c6ccccc6)c6ccccc6)cc2c53)B2c3ccccc3N(c3ccccc3)c3cc(N(c5ccccc5)c5cccc6c5sc5ccccc56)cc(c32)O4)cc1. The molecule has 4 aliphatic rings. The summed E-state index contributed by atoms with van der Waals surface area (Å²) in [6.45, 7) is -0.450. The Morgan fingerprint density at radius 3 is 1.38 bits per heavy atom. The molecule has 0 radical (unpaired) electrons. The standard InChI is InChI=1S/C90H57B2N5OS2/c1-6-28-58(29-7-1)65-38-16-21-45-74(65)96-79-57-83-73(92-70-43-19-22-46-75(70)95(62-36-14-5-15-37-62)82-54-64(55-84(98-83)88(82)92)94(61-34-12-4-13-35-61)77-48-26-41-68-66-39-17-24-50-85(66)99-89(68)77)56-72(79)91-71-44-20-23-47-76(71)97(78-49-27-42-69-67-40-18-25-51-86(67)100-90(69)78)81-53-63(52-80(96)87(81)91)93(59-30-8-2-9-31-59)60-32-10-3-11-33-60/h1-57H. The monoisotopic (exact) mass is 1310 g/mol. The Labute approximate surface area is 588 Å². The molecule has 0 spiro atoms. The van der Waals surface area contributed by atoms with E-state index in [0.717, 1.165) is 119 Å². The Hall–Kier alpha value is -12.3. The smallest absolute Gasteiger partial charge is 0.256 e. The summed E-state index contributed by atoms with van der Waals surface area (Å²) in [7, 11) is 0. The van der Waals surface area contributed by atoms with Gasteiger partial charge in [0.15, 0.2) is 0 Å². The van der Waals surface area contributed by atoms with Crippen LogP contribution in [0.25, 0.3) is 51.5 Å². The van der Waals surface area contributed by atoms with E-state index in [1.54, 1.807) is 0 Å². The number of hydrogen-bond acceptors (Lipinski definition) is 8. The molecule has 0 bridgehead atoms. The number of anilines is 15. The largest absolute Gasteiger partial charge is 0.458 e. The number of fused-ring (bicyclic) bond motifs is 14. The highest BCUT2D eigenvalue weighted by atomic mass is 32.1. The summed E-state index contributed by atoms with van der Waals surface area (Å²) in [5.41, 5.74) is 25.6. The Morgan fingerprint density at radius 2 is 0.730 bits per heavy atom. The second-order valence-corrected chi connectivity index (χ2v) is 28.3. The van der Waals surface area contributed by atoms with E-state index >= 15 is 0 Å². The van der Waals surface area contributed by atoms with Gasteiger partial charge < -0.3 is 29.2 Å². The van der Waals surface area contributed by atoms with Gasteiger partial charge in [-0.3, -0.25) is 0 Å². The van der Waals surface area contributed by atoms with E-state index in [1.807, 2.05) is 22.7 Å². The number of hydrogen-bond donors (Lipinski definition) is 0. The van der Waals surface area contributed by atoms with Gasteiger partial charge in [0.25, 0.3) is 13.4 Å². The minimum Gasteiger partial charge on any atom is -0.458 e. The topological polar surface area (TPSA) is 25.4 Å². The van der Waals surface area contributed by atoms with E-state index in [2.05, 4.69) is 370 Å². The van der Waals surface area contributed by atoms with Crippen molar-refractivity contribution in [3.05, 3.63) is 346 Å². The average molecular weight is 1310 g/mol. The zero-order valence-electron chi connectivity index (χ0n) is 54.0. The van der Waals surface area contributed by atoms with E-state index in [9.17, 15) is 0 Å². The number of rotatable bonds is 10. The minimum atomic E-state index is -0.227. The molecule has 0 fully saturated rings. The summed E-state index contributed by atoms with van der Waals surface area (Å²) in [4.78, 5) is 12.6. The van der Waals surface area contributed by atoms with Crippen molar-refractivity contribution >= 4 is 195 Å². The van der Waals surface area contributed by atoms with Crippen LogP contribution in [0.5, 0.6) is 11.5 Å². The summed E-state index contributed by atoms with van der Waals surface area (Å²) in [6.07, 6.45) is 0. The van der Waals surface area contributed by atoms with E-state index < -0.39 is 0 Å². The van der Waals surface area contributed by atoms with Crippen LogP contribution in [0.4, 0.5) is 85.3 Å². The molecule has 17 aromatic rings. The molecule has 6 nitrogen and oxygen atoms in total. The molecule has 0 saturated heterocycles. The highest BCUT2D eigenvalue weighted by molar-refractivity contribution is 7.27. The van der Waals surface area contributed by atoms with Crippen molar-refractivity contribution in [3.63, 3.8) is 0 Å². The van der Waals surface area contributed by atoms with Crippen LogP contribution in [0.15, 0.2) is 346 Å². The Kier molecular flexibility index (Phi) is 12.9. The third-order valence-electron chi connectivity index (χ3n) is 20.8. The number of ether oxygens (including phenoxy) is 1. The molecule has 21 rings (SSSR count). The molecule has 0 aliphatic carbocycles. The Balaban J connectivity index is 0.863. The van der Waals surface area contributed by atoms with Crippen molar-refractivity contribution in [3.8, 4) is 22.6 Å². The zero-order valence-corrected chi connectivity index (χ0v) is 55.7. The van der Waals surface area contributed by atoms with Crippen molar-refractivity contribution in [1.29, 1.82) is 0 Å². The van der Waals surface area contributed by atoms with Gasteiger partial charge in [-0.25, -0.2) is 0 Å². The summed E-state index contributed by atoms with van der Waals surface area (Å²) in [5.74, 6) is 1.64. The lowest BCUT2D eigenvalue weighted by molar-refractivity contribution is 0.488. The third-order valence-corrected chi connectivity index (χ3v) is 23.2. The fourth-order valence-electron chi connectivity index (χ4n) is 16.7. The molecule has 2 aromatic heterocycles. The highest BCUT2D eigenvalue weighted by Gasteiger charge is 2.49. The summed E-state index contributed by atoms with van der Waals surface area (Å²) in [5, 5.41) is 5.01. The van der Waals surface area contributed by atoms with E-state index in [4.69, 9.17) is 4.74 Å². The average Bonchev–Trinajstić information content (AvgIpc) is 0.796. The molecule has 0 atom stereocenters. The number of benzene rings is 15. The van der Waals surface area contributed by atoms with E-state index in [-0.39, 0.29) is 13.4 Å². The van der Waals surface area contributed by atoms with Gasteiger partial charge in [-0.15, -0.1) is 22.7 Å². The molecule has 0 saturated carbocycles. The number of nitrogens with zero attached hydrogens (tertiary/aromatic N) is 5. The van der Waals surface area contributed by atoms with Crippen molar-refractivity contribution in [1.82, 2.24) is 0 Å². The van der Waals surface area contributed by atoms with Crippen LogP contribution >= 0.6 is 22.7 Å². The quantitative estimate of drug-likeness (QED) is 0.127. The van der Waals surface area contributed by atoms with Crippen LogP contribution in [0, 0.1) is 0 Å². The maximum absolute atomic E-state index is 7.98. The lowest BCUT2D eigenvalue weighted by Crippen LogP contribution is -2.64. The van der Waals surface area contributed by atoms with Crippen molar-refractivity contribution < 1.29 is 4.74 Å². The molecule has 0 amide bonds. The minimum absolute atomic E-state index is 0.222. The molecule has 15 aromatic carbocycles. The molecular formula is C90H57B2N5OS2. The normalized spacial score (nSPS) is 13.0. The maximum Gasteiger partial charge on any atom is 0.256 e. The highest BCUT2D eigenvalue weighted by Crippen LogP contribution is 2.54. The van der Waals surface area contributed by atoms with Gasteiger partial charge in [0.1, 0.15) is 11.5 Å². The van der Waals surface area contributed by atoms with Crippen molar-refractivity contribution in [2.24, 2.45) is 0 Å². The molecule has 10 heteroatoms. The van der Waals surface area contributed by atoms with Crippen molar-refractivity contribution in [2.75, 3.05) is 24.5 Å². The molecule has 466 valence electrons. The van der Waals surface area contributed by atoms with Crippen LogP contribution in [0.3, 0.4) is 0 Å². The van der Waals surface area contributed by atoms with Gasteiger partial charge in [0, 0.05) is 106 Å². The lowest BCUT2D eigenvalue weighted by Gasteiger charge is -2.46. The second kappa shape index (κ2) is 22.6. The summed E-state index contributed by atoms with van der Waals surface area (Å²) in [6, 6.07) is 128. The molecule has 4 aliphatic heterocycles. The van der Waals surface area contributed by atoms with Crippen LogP contribution < -0.4 is 62.0 Å². The molecule has 100 heavy (non-hydrogen) atoms. The second-order valence-electron chi connectivity index (χ2n) is 26.2. The van der Waals surface area contributed by atoms with Gasteiger partial charge in [-0.2, -0.15) is 0 Å². The first-order chi connectivity index (χ1) is 49.6. The van der Waals surface area contributed by atoms with E-state index in [0.29, 0.717) is 0 Å². The lowest BCUT2D eigenvalue weighted by atomic mass is 9.30. The van der Waals surface area contributed by atoms with Crippen molar-refractivity contribution in [2.45, 2.75) is 0 Å². The third kappa shape index (κ3) is 8.64. The Bertz CT molecular complexity index is 6110. The first-order valence-electron chi connectivity index (χ1n) is 34.2. The molecule has 0 N–H and O–H groups in total. The van der Waals surface area contributed by atoms with Gasteiger partial charge in [-0.05, 0) is 148 Å². The number of thiophene rings is 2. The first-order valence-corrected chi connectivity index (χ1v) is 35.8. The fraction of sp³-hybridized carbons (Fsp3) is 0. The van der Waals surface area contributed by atoms with Crippen LogP contribution in [0.1, 0.15) is 0 Å². The van der Waals surface area contributed by atoms with Gasteiger partial charge in [0.2, 0.25) is 0 Å². The zero-order chi connectivity index (χ0) is 65.5. The molecule has 0 unspecified atom stereocenters. The molecular weight excluding hydrogens is 1250 g/mol. The first kappa shape index (κ1) is 56.8. The van der Waals surface area contributed by atoms with Crippen LogP contribution in [-0.4, -0.2) is 13.4 Å². The summed E-state index contributed by atoms with van der Waals surface area (Å²) >= 11 is 3.73. The van der Waals surface area contributed by atoms with Gasteiger partial charge in [-0.1, -0.05) is 224 Å².